The lowest BCUT2D eigenvalue weighted by Crippen LogP contribution is -2.45. The fourth-order valence-electron chi connectivity index (χ4n) is 10.5. The molecule has 0 aliphatic heterocycles. The number of nitrogens with zero attached hydrogens (tertiary/aromatic N) is 1. The second-order valence-corrected chi connectivity index (χ2v) is 26.4. The van der Waals surface area contributed by atoms with E-state index >= 15 is 0 Å². The molecule has 0 saturated carbocycles. The largest absolute Gasteiger partial charge is 0.472 e. The number of aliphatic hydroxyl groups is 1. The summed E-state index contributed by atoms with van der Waals surface area (Å²) in [6, 6.07) is -0.845. The number of nitrogens with one attached hydrogen (secondary N) is 1. The maximum absolute atomic E-state index is 13.0. The van der Waals surface area contributed by atoms with Crippen LogP contribution < -0.4 is 5.32 Å². The molecule has 3 N–H and O–H groups in total. The average Bonchev–Trinajstić information content (AvgIpc) is 3.41. The molecule has 78 heavy (non-hydrogen) atoms. The maximum Gasteiger partial charge on any atom is 0.472 e. The molecule has 0 aliphatic rings. The van der Waals surface area contributed by atoms with Crippen molar-refractivity contribution >= 4 is 13.7 Å². The molecule has 0 saturated heterocycles. The van der Waals surface area contributed by atoms with Crippen molar-refractivity contribution in [3.63, 3.8) is 0 Å². The Balaban J connectivity index is 3.95. The Morgan fingerprint density at radius 3 is 1.05 bits per heavy atom. The quantitative estimate of drug-likeness (QED) is 0.0243. The van der Waals surface area contributed by atoms with Crippen molar-refractivity contribution in [3.8, 4) is 0 Å². The van der Waals surface area contributed by atoms with Gasteiger partial charge in [0.15, 0.2) is 0 Å². The van der Waals surface area contributed by atoms with Crippen molar-refractivity contribution in [2.45, 2.75) is 360 Å². The minimum atomic E-state index is -4.35. The van der Waals surface area contributed by atoms with Crippen molar-refractivity contribution in [1.82, 2.24) is 5.32 Å². The zero-order valence-electron chi connectivity index (χ0n) is 52.9. The van der Waals surface area contributed by atoms with Crippen LogP contribution in [0.2, 0.25) is 0 Å². The van der Waals surface area contributed by atoms with E-state index in [0.29, 0.717) is 17.4 Å². The zero-order valence-corrected chi connectivity index (χ0v) is 53.8. The van der Waals surface area contributed by atoms with Gasteiger partial charge in [-0.2, -0.15) is 0 Å². The van der Waals surface area contributed by atoms with Crippen LogP contribution in [-0.2, 0) is 18.4 Å². The Morgan fingerprint density at radius 2 is 0.731 bits per heavy atom. The number of unbranched alkanes of at least 4 members (excludes halogenated alkanes) is 47. The summed E-state index contributed by atoms with van der Waals surface area (Å²) in [5, 5.41) is 14.0. The van der Waals surface area contributed by atoms with Gasteiger partial charge in [0.2, 0.25) is 5.91 Å². The Morgan fingerprint density at radius 1 is 0.436 bits per heavy atom. The summed E-state index contributed by atoms with van der Waals surface area (Å²) < 4.78 is 23.8. The van der Waals surface area contributed by atoms with E-state index in [2.05, 4.69) is 43.5 Å². The van der Waals surface area contributed by atoms with E-state index in [4.69, 9.17) is 9.05 Å². The molecule has 0 aromatic rings. The lowest BCUT2D eigenvalue weighted by atomic mass is 10.0. The van der Waals surface area contributed by atoms with Crippen LogP contribution in [0, 0.1) is 0 Å². The van der Waals surface area contributed by atoms with Crippen LogP contribution in [0.3, 0.4) is 0 Å². The van der Waals surface area contributed by atoms with Gasteiger partial charge in [-0.3, -0.25) is 13.8 Å². The number of carbonyl (C=O) groups is 1. The molecule has 0 radical (unpaired) electrons. The van der Waals surface area contributed by atoms with Crippen LogP contribution in [0.15, 0.2) is 36.5 Å². The van der Waals surface area contributed by atoms with E-state index in [-0.39, 0.29) is 19.1 Å². The lowest BCUT2D eigenvalue weighted by molar-refractivity contribution is -0.870. The number of hydrogen-bond acceptors (Lipinski definition) is 5. The molecule has 3 unspecified atom stereocenters. The smallest absolute Gasteiger partial charge is 0.387 e. The number of phosphoric ester groups is 1. The highest BCUT2D eigenvalue weighted by Gasteiger charge is 2.28. The standard InChI is InChI=1S/C69H135N2O6P/c1-6-8-10-12-14-16-18-20-22-24-26-27-28-29-30-31-32-33-34-35-36-37-38-39-40-41-42-43-45-47-49-51-53-55-57-59-61-63-69(73)70-67(66-77-78(74,75)76-65-64-71(3,4)5)68(72)62-60-58-56-54-52-50-48-46-44-25-23-21-19-17-15-13-11-9-7-2/h18,20,24,26,60,62,67-68,72H,6-17,19,21-23,25,27-59,61,63-66H2,1-5H3,(H-,70,73,74,75)/p+1/b20-18-,26-24-,62-60+. The minimum absolute atomic E-state index is 0.0640. The van der Waals surface area contributed by atoms with Gasteiger partial charge in [0.1, 0.15) is 13.2 Å². The van der Waals surface area contributed by atoms with Gasteiger partial charge >= 0.3 is 7.82 Å². The van der Waals surface area contributed by atoms with Crippen molar-refractivity contribution in [2.24, 2.45) is 0 Å². The first kappa shape index (κ1) is 76.7. The Kier molecular flexibility index (Phi) is 59.3. The summed E-state index contributed by atoms with van der Waals surface area (Å²) in [5.41, 5.74) is 0. The molecule has 0 heterocycles. The predicted molar refractivity (Wildman–Crippen MR) is 341 cm³/mol. The van der Waals surface area contributed by atoms with Crippen LogP contribution in [-0.4, -0.2) is 73.4 Å². The predicted octanol–water partition coefficient (Wildman–Crippen LogP) is 21.7. The van der Waals surface area contributed by atoms with E-state index in [9.17, 15) is 19.4 Å². The number of rotatable bonds is 64. The van der Waals surface area contributed by atoms with Gasteiger partial charge in [-0.25, -0.2) is 4.57 Å². The topological polar surface area (TPSA) is 105 Å². The summed E-state index contributed by atoms with van der Waals surface area (Å²) >= 11 is 0. The fraction of sp³-hybridized carbons (Fsp3) is 0.899. The zero-order chi connectivity index (χ0) is 57.0. The molecular formula is C69H136N2O6P+. The third kappa shape index (κ3) is 62.3. The van der Waals surface area contributed by atoms with Gasteiger partial charge in [-0.05, 0) is 51.4 Å². The molecule has 0 aliphatic carbocycles. The first-order valence-electron chi connectivity index (χ1n) is 34.4. The molecule has 0 aromatic carbocycles. The molecular weight excluding hydrogens is 984 g/mol. The highest BCUT2D eigenvalue weighted by Crippen LogP contribution is 2.43. The second kappa shape index (κ2) is 60.3. The Bertz CT molecular complexity index is 1360. The molecule has 3 atom stereocenters. The summed E-state index contributed by atoms with van der Waals surface area (Å²) in [5.74, 6) is -0.169. The van der Waals surface area contributed by atoms with E-state index in [1.807, 2.05) is 27.2 Å². The van der Waals surface area contributed by atoms with E-state index in [1.165, 1.54) is 289 Å². The summed E-state index contributed by atoms with van der Waals surface area (Å²) in [4.78, 5) is 23.4. The number of phosphoric acid groups is 1. The van der Waals surface area contributed by atoms with Gasteiger partial charge in [0, 0.05) is 6.42 Å². The highest BCUT2D eigenvalue weighted by molar-refractivity contribution is 7.47. The van der Waals surface area contributed by atoms with Crippen LogP contribution in [0.5, 0.6) is 0 Å². The van der Waals surface area contributed by atoms with E-state index in [0.717, 1.165) is 38.5 Å². The summed E-state index contributed by atoms with van der Waals surface area (Å²) in [7, 11) is 1.59. The van der Waals surface area contributed by atoms with Gasteiger partial charge in [0.25, 0.3) is 0 Å². The summed E-state index contributed by atoms with van der Waals surface area (Å²) in [6.07, 6.45) is 80.1. The molecule has 8 nitrogen and oxygen atoms in total. The highest BCUT2D eigenvalue weighted by atomic mass is 31.2. The molecule has 0 rings (SSSR count). The monoisotopic (exact) mass is 1120 g/mol. The van der Waals surface area contributed by atoms with Crippen LogP contribution >= 0.6 is 7.82 Å². The van der Waals surface area contributed by atoms with E-state index < -0.39 is 20.0 Å². The van der Waals surface area contributed by atoms with E-state index in [1.54, 1.807) is 6.08 Å². The van der Waals surface area contributed by atoms with Gasteiger partial charge < -0.3 is 19.8 Å². The minimum Gasteiger partial charge on any atom is -0.387 e. The molecule has 0 spiro atoms. The van der Waals surface area contributed by atoms with Crippen LogP contribution in [0.4, 0.5) is 0 Å². The van der Waals surface area contributed by atoms with Gasteiger partial charge in [0.05, 0.1) is 39.9 Å². The van der Waals surface area contributed by atoms with Crippen molar-refractivity contribution in [2.75, 3.05) is 40.9 Å². The lowest BCUT2D eigenvalue weighted by Gasteiger charge is -2.25. The summed E-state index contributed by atoms with van der Waals surface area (Å²) in [6.45, 7) is 4.86. The number of likely N-dealkylation sites (N-methyl/N-ethyl adjacent to an activating group) is 1. The second-order valence-electron chi connectivity index (χ2n) is 24.9. The van der Waals surface area contributed by atoms with Gasteiger partial charge in [-0.1, -0.05) is 326 Å². The Hall–Kier alpha value is -1.28. The number of aliphatic hydroxyl groups excluding tert-OH is 1. The molecule has 0 aromatic heterocycles. The van der Waals surface area contributed by atoms with Crippen LogP contribution in [0.25, 0.3) is 0 Å². The molecule has 9 heteroatoms. The number of quaternary nitrogens is 1. The normalized spacial score (nSPS) is 13.9. The Labute approximate surface area is 487 Å². The van der Waals surface area contributed by atoms with Crippen LogP contribution in [0.1, 0.15) is 348 Å². The number of amides is 1. The van der Waals surface area contributed by atoms with Crippen molar-refractivity contribution in [1.29, 1.82) is 0 Å². The molecule has 0 bridgehead atoms. The first-order chi connectivity index (χ1) is 38.0. The van der Waals surface area contributed by atoms with Gasteiger partial charge in [-0.15, -0.1) is 0 Å². The number of allylic oxidation sites excluding steroid dienone is 5. The number of carbonyl (C=O) groups excluding carboxylic acids is 1. The molecule has 1 amide bonds. The van der Waals surface area contributed by atoms with Crippen molar-refractivity contribution < 1.29 is 32.9 Å². The first-order valence-corrected chi connectivity index (χ1v) is 35.9. The average molecular weight is 1120 g/mol. The number of hydrogen-bond donors (Lipinski definition) is 3. The SMILES string of the molecule is CCCCCCC/C=C\C/C=C\CCCCCCCCCCCCCCCCCCCCCCCCCCCC(=O)NC(COP(=O)(O)OCC[N+](C)(C)C)C(O)/C=C/CCCCCCCCCCCCCCCCCCC. The third-order valence-corrected chi connectivity index (χ3v) is 16.8. The molecule has 0 fully saturated rings. The van der Waals surface area contributed by atoms with Crippen molar-refractivity contribution in [3.05, 3.63) is 36.5 Å². The molecule has 462 valence electrons. The fourth-order valence-corrected chi connectivity index (χ4v) is 11.2. The maximum atomic E-state index is 13.0. The third-order valence-electron chi connectivity index (χ3n) is 15.9.